The lowest BCUT2D eigenvalue weighted by molar-refractivity contribution is -0.225. The topological polar surface area (TPSA) is 67.6 Å². The van der Waals surface area contributed by atoms with E-state index < -0.39 is 5.54 Å². The summed E-state index contributed by atoms with van der Waals surface area (Å²) in [5, 5.41) is 3.27. The Morgan fingerprint density at radius 3 is 2.48 bits per heavy atom. The largest absolute Gasteiger partial charge is 0.377 e. The molecule has 3 fully saturated rings. The zero-order valence-corrected chi connectivity index (χ0v) is 19.2. The number of ether oxygens (including phenoxy) is 1. The van der Waals surface area contributed by atoms with E-state index in [0.29, 0.717) is 12.5 Å². The second-order valence-electron chi connectivity index (χ2n) is 9.63. The van der Waals surface area contributed by atoms with Crippen LogP contribution in [0.3, 0.4) is 0 Å². The van der Waals surface area contributed by atoms with Gasteiger partial charge in [-0.15, -0.1) is 24.8 Å². The van der Waals surface area contributed by atoms with Gasteiger partial charge >= 0.3 is 0 Å². The number of nitrogens with one attached hydrogen (secondary N) is 1. The van der Waals surface area contributed by atoms with Gasteiger partial charge in [-0.1, -0.05) is 33.6 Å². The van der Waals surface area contributed by atoms with Gasteiger partial charge in [-0.05, 0) is 45.7 Å². The van der Waals surface area contributed by atoms with Crippen LogP contribution in [0.1, 0.15) is 59.3 Å². The number of hydrogen-bond acceptors (Lipinski definition) is 4. The summed E-state index contributed by atoms with van der Waals surface area (Å²) < 4.78 is 5.94. The summed E-state index contributed by atoms with van der Waals surface area (Å²) in [4.78, 5) is 15.5. The number of halogens is 2. The van der Waals surface area contributed by atoms with Crippen molar-refractivity contribution in [2.75, 3.05) is 27.2 Å². The van der Waals surface area contributed by atoms with E-state index in [4.69, 9.17) is 10.5 Å². The van der Waals surface area contributed by atoms with Crippen molar-refractivity contribution >= 4 is 30.7 Å². The quantitative estimate of drug-likeness (QED) is 0.728. The van der Waals surface area contributed by atoms with Crippen LogP contribution in [0.4, 0.5) is 0 Å². The number of nitrogens with two attached hydrogens (primary N) is 1. The van der Waals surface area contributed by atoms with Gasteiger partial charge in [-0.25, -0.2) is 0 Å². The fraction of sp³-hybridized carbons (Fsp3) is 0.950. The maximum atomic E-state index is 13.2. The van der Waals surface area contributed by atoms with E-state index in [2.05, 4.69) is 45.1 Å². The zero-order chi connectivity index (χ0) is 18.5. The molecular formula is C20H39Cl2N3O2. The van der Waals surface area contributed by atoms with Crippen LogP contribution in [0.15, 0.2) is 0 Å². The Bertz CT molecular complexity index is 531. The van der Waals surface area contributed by atoms with Crippen molar-refractivity contribution in [1.29, 1.82) is 0 Å². The highest BCUT2D eigenvalue weighted by molar-refractivity contribution is 5.89. The second kappa shape index (κ2) is 8.74. The van der Waals surface area contributed by atoms with E-state index in [-0.39, 0.29) is 53.7 Å². The van der Waals surface area contributed by atoms with Gasteiger partial charge in [-0.3, -0.25) is 4.79 Å². The molecular weight excluding hydrogens is 385 g/mol. The smallest absolute Gasteiger partial charge is 0.241 e. The van der Waals surface area contributed by atoms with E-state index in [0.717, 1.165) is 32.3 Å². The van der Waals surface area contributed by atoms with Crippen molar-refractivity contribution in [2.24, 2.45) is 23.0 Å². The molecule has 0 aromatic heterocycles. The molecule has 3 aliphatic rings. The molecule has 2 saturated carbocycles. The summed E-state index contributed by atoms with van der Waals surface area (Å²) in [7, 11) is 4.28. The van der Waals surface area contributed by atoms with Crippen molar-refractivity contribution in [3.05, 3.63) is 0 Å². The SMILES string of the molecule is CC1CCCC(CNC(=O)C2(N)C3CCCOC3C2(C)C)(N(C)C)C1.Cl.Cl. The van der Waals surface area contributed by atoms with Gasteiger partial charge in [-0.2, -0.15) is 0 Å². The van der Waals surface area contributed by atoms with Crippen molar-refractivity contribution in [3.63, 3.8) is 0 Å². The van der Waals surface area contributed by atoms with Crippen LogP contribution < -0.4 is 11.1 Å². The number of likely N-dealkylation sites (N-methyl/N-ethyl adjacent to an activating group) is 1. The van der Waals surface area contributed by atoms with Crippen LogP contribution in [-0.2, 0) is 9.53 Å². The lowest BCUT2D eigenvalue weighted by Crippen LogP contribution is -2.82. The second-order valence-corrected chi connectivity index (χ2v) is 9.63. The fourth-order valence-electron chi connectivity index (χ4n) is 5.79. The Hall–Kier alpha value is -0.0700. The van der Waals surface area contributed by atoms with Crippen LogP contribution in [0.5, 0.6) is 0 Å². The van der Waals surface area contributed by atoms with Gasteiger partial charge in [0.15, 0.2) is 0 Å². The fourth-order valence-corrected chi connectivity index (χ4v) is 5.79. The molecule has 7 heteroatoms. The first-order chi connectivity index (χ1) is 11.6. The summed E-state index contributed by atoms with van der Waals surface area (Å²) >= 11 is 0. The highest BCUT2D eigenvalue weighted by atomic mass is 35.5. The zero-order valence-electron chi connectivity index (χ0n) is 17.5. The maximum absolute atomic E-state index is 13.2. The molecule has 2 aliphatic carbocycles. The molecule has 27 heavy (non-hydrogen) atoms. The third kappa shape index (κ3) is 3.87. The Labute approximate surface area is 177 Å². The van der Waals surface area contributed by atoms with Crippen molar-refractivity contribution in [2.45, 2.75) is 76.5 Å². The van der Waals surface area contributed by atoms with E-state index in [9.17, 15) is 4.79 Å². The minimum Gasteiger partial charge on any atom is -0.377 e. The predicted molar refractivity (Wildman–Crippen MR) is 115 cm³/mol. The molecule has 1 saturated heterocycles. The number of carbonyl (C=O) groups is 1. The molecule has 3 rings (SSSR count). The average molecular weight is 424 g/mol. The summed E-state index contributed by atoms with van der Waals surface area (Å²) in [6.07, 6.45) is 6.91. The van der Waals surface area contributed by atoms with E-state index in [1.54, 1.807) is 0 Å². The Kier molecular flexibility index (Phi) is 8.09. The minimum absolute atomic E-state index is 0. The molecule has 3 N–H and O–H groups in total. The third-order valence-corrected chi connectivity index (χ3v) is 7.65. The Morgan fingerprint density at radius 1 is 1.22 bits per heavy atom. The van der Waals surface area contributed by atoms with Crippen molar-refractivity contribution in [3.8, 4) is 0 Å². The summed E-state index contributed by atoms with van der Waals surface area (Å²) in [5.41, 5.74) is 5.67. The van der Waals surface area contributed by atoms with Crippen molar-refractivity contribution < 1.29 is 9.53 Å². The lowest BCUT2D eigenvalue weighted by atomic mass is 9.46. The summed E-state index contributed by atoms with van der Waals surface area (Å²) in [6, 6.07) is 0. The third-order valence-electron chi connectivity index (χ3n) is 7.65. The molecule has 5 atom stereocenters. The normalized spacial score (nSPS) is 40.0. The number of rotatable bonds is 4. The molecule has 1 heterocycles. The van der Waals surface area contributed by atoms with E-state index in [1.807, 2.05) is 0 Å². The number of fused-ring (bicyclic) bond motifs is 1. The highest BCUT2D eigenvalue weighted by Gasteiger charge is 2.70. The molecule has 1 aliphatic heterocycles. The standard InChI is InChI=1S/C20H37N3O2.2ClH/c1-14-8-6-10-19(12-14,23(4)5)13-22-17(24)20(21)15-9-7-11-25-16(15)18(20,2)3;;/h14-16H,6-13,21H2,1-5H3,(H,22,24);2*1H. The molecule has 0 spiro atoms. The van der Waals surface area contributed by atoms with Gasteiger partial charge in [0.1, 0.15) is 5.54 Å². The minimum atomic E-state index is -0.814. The number of nitrogens with zero attached hydrogens (tertiary/aromatic N) is 1. The number of hydrogen-bond donors (Lipinski definition) is 2. The highest BCUT2D eigenvalue weighted by Crippen LogP contribution is 2.57. The van der Waals surface area contributed by atoms with E-state index in [1.165, 1.54) is 12.8 Å². The predicted octanol–water partition coefficient (Wildman–Crippen LogP) is 2.99. The maximum Gasteiger partial charge on any atom is 0.241 e. The van der Waals surface area contributed by atoms with Crippen LogP contribution >= 0.6 is 24.8 Å². The Balaban J connectivity index is 0.00000182. The molecule has 0 aromatic rings. The van der Waals surface area contributed by atoms with Crippen molar-refractivity contribution in [1.82, 2.24) is 10.2 Å². The first-order valence-electron chi connectivity index (χ1n) is 10.0. The van der Waals surface area contributed by atoms with Gasteiger partial charge < -0.3 is 20.7 Å². The average Bonchev–Trinajstić information content (AvgIpc) is 2.58. The molecule has 1 amide bonds. The van der Waals surface area contributed by atoms with Crippen LogP contribution in [-0.4, -0.2) is 55.2 Å². The van der Waals surface area contributed by atoms with Crippen LogP contribution in [0.2, 0.25) is 0 Å². The van der Waals surface area contributed by atoms with Crippen LogP contribution in [0, 0.1) is 17.3 Å². The van der Waals surface area contributed by atoms with Gasteiger partial charge in [0, 0.05) is 30.0 Å². The molecule has 5 unspecified atom stereocenters. The van der Waals surface area contributed by atoms with Gasteiger partial charge in [0.05, 0.1) is 6.10 Å². The van der Waals surface area contributed by atoms with Gasteiger partial charge in [0.2, 0.25) is 5.91 Å². The molecule has 0 radical (unpaired) electrons. The molecule has 0 aromatic carbocycles. The summed E-state index contributed by atoms with van der Waals surface area (Å²) in [5.74, 6) is 0.872. The lowest BCUT2D eigenvalue weighted by Gasteiger charge is -2.65. The molecule has 160 valence electrons. The van der Waals surface area contributed by atoms with Crippen LogP contribution in [0.25, 0.3) is 0 Å². The number of carbonyl (C=O) groups excluding carboxylic acids is 1. The Morgan fingerprint density at radius 2 is 1.89 bits per heavy atom. The molecule has 5 nitrogen and oxygen atoms in total. The first-order valence-corrected chi connectivity index (χ1v) is 10.0. The van der Waals surface area contributed by atoms with E-state index >= 15 is 0 Å². The number of amides is 1. The molecule has 0 bridgehead atoms. The summed E-state index contributed by atoms with van der Waals surface area (Å²) in [6.45, 7) is 7.98. The first kappa shape index (κ1) is 25.0. The van der Waals surface area contributed by atoms with Gasteiger partial charge in [0.25, 0.3) is 0 Å². The monoisotopic (exact) mass is 423 g/mol.